The van der Waals surface area contributed by atoms with E-state index < -0.39 is 0 Å². The first-order chi connectivity index (χ1) is 16.1. The van der Waals surface area contributed by atoms with Crippen molar-refractivity contribution in [1.29, 1.82) is 0 Å². The van der Waals surface area contributed by atoms with Gasteiger partial charge in [-0.1, -0.05) is 30.3 Å². The van der Waals surface area contributed by atoms with E-state index in [4.69, 9.17) is 15.2 Å². The molecule has 33 heavy (non-hydrogen) atoms. The maximum Gasteiger partial charge on any atom is 0.339 e. The number of para-hydroxylation sites is 1. The molecule has 0 aliphatic heterocycles. The monoisotopic (exact) mass is 458 g/mol. The van der Waals surface area contributed by atoms with Gasteiger partial charge >= 0.3 is 5.97 Å². The fourth-order valence-corrected chi connectivity index (χ4v) is 4.73. The van der Waals surface area contributed by atoms with Gasteiger partial charge in [-0.25, -0.2) is 4.79 Å². The topological polar surface area (TPSA) is 73.9 Å². The summed E-state index contributed by atoms with van der Waals surface area (Å²) in [6, 6.07) is 19.7. The number of carbonyl (C=O) groups is 1. The smallest absolute Gasteiger partial charge is 0.339 e. The lowest BCUT2D eigenvalue weighted by atomic mass is 9.81. The first-order valence-electron chi connectivity index (χ1n) is 10.6. The van der Waals surface area contributed by atoms with Gasteiger partial charge in [-0.15, -0.1) is 11.8 Å². The molecule has 0 fully saturated rings. The van der Waals surface area contributed by atoms with Crippen LogP contribution in [0.5, 0.6) is 5.75 Å². The number of nitrogens with two attached hydrogens (primary N) is 1. The second-order valence-corrected chi connectivity index (χ2v) is 8.46. The lowest BCUT2D eigenvalue weighted by molar-refractivity contribution is 0.0596. The van der Waals surface area contributed by atoms with Crippen LogP contribution in [-0.4, -0.2) is 32.7 Å². The molecule has 1 aliphatic rings. The molecule has 2 N–H and O–H groups in total. The maximum atomic E-state index is 13.0. The van der Waals surface area contributed by atoms with E-state index in [1.54, 1.807) is 13.3 Å². The van der Waals surface area contributed by atoms with Gasteiger partial charge in [0, 0.05) is 27.9 Å². The SMILES string of the molecule is COC(=O)c1c(SC)cc(-c2ccc(OC)cc2)c2c1C(C=Nc1ccccc1)=C(N)CC2. The van der Waals surface area contributed by atoms with Crippen molar-refractivity contribution in [1.82, 2.24) is 0 Å². The Hall–Kier alpha value is -3.51. The molecule has 0 radical (unpaired) electrons. The Morgan fingerprint density at radius 3 is 2.42 bits per heavy atom. The van der Waals surface area contributed by atoms with Gasteiger partial charge < -0.3 is 15.2 Å². The highest BCUT2D eigenvalue weighted by molar-refractivity contribution is 7.98. The fraction of sp³-hybridized carbons (Fsp3) is 0.185. The quantitative estimate of drug-likeness (QED) is 0.283. The van der Waals surface area contributed by atoms with Gasteiger partial charge in [-0.2, -0.15) is 0 Å². The van der Waals surface area contributed by atoms with E-state index in [1.807, 2.05) is 60.9 Å². The van der Waals surface area contributed by atoms with Crippen LogP contribution < -0.4 is 10.5 Å². The summed E-state index contributed by atoms with van der Waals surface area (Å²) in [5.41, 5.74) is 13.3. The Balaban J connectivity index is 1.97. The largest absolute Gasteiger partial charge is 0.497 e. The zero-order valence-electron chi connectivity index (χ0n) is 18.9. The summed E-state index contributed by atoms with van der Waals surface area (Å²) in [6.45, 7) is 0. The van der Waals surface area contributed by atoms with Crippen LogP contribution in [0.3, 0.4) is 0 Å². The number of fused-ring (bicyclic) bond motifs is 1. The lowest BCUT2D eigenvalue weighted by Gasteiger charge is -2.26. The van der Waals surface area contributed by atoms with Crippen molar-refractivity contribution in [2.45, 2.75) is 17.7 Å². The van der Waals surface area contributed by atoms with E-state index in [2.05, 4.69) is 11.1 Å². The van der Waals surface area contributed by atoms with Crippen molar-refractivity contribution in [3.05, 3.63) is 83.1 Å². The highest BCUT2D eigenvalue weighted by atomic mass is 32.2. The first-order valence-corrected chi connectivity index (χ1v) is 11.8. The number of esters is 1. The molecule has 0 saturated carbocycles. The number of hydrogen-bond acceptors (Lipinski definition) is 6. The molecule has 1 aliphatic carbocycles. The third-order valence-corrected chi connectivity index (χ3v) is 6.53. The molecule has 0 aromatic heterocycles. The Morgan fingerprint density at radius 2 is 1.79 bits per heavy atom. The summed E-state index contributed by atoms with van der Waals surface area (Å²) in [7, 11) is 3.06. The number of aliphatic imine (C=N–C) groups is 1. The number of rotatable bonds is 6. The summed E-state index contributed by atoms with van der Waals surface area (Å²) in [5, 5.41) is 0. The number of carbonyl (C=O) groups excluding carboxylic acids is 1. The van der Waals surface area contributed by atoms with Gasteiger partial charge in [-0.3, -0.25) is 4.99 Å². The third-order valence-electron chi connectivity index (χ3n) is 5.77. The van der Waals surface area contributed by atoms with Crippen LogP contribution in [0.25, 0.3) is 16.7 Å². The second kappa shape index (κ2) is 9.96. The second-order valence-electron chi connectivity index (χ2n) is 7.61. The van der Waals surface area contributed by atoms with Gasteiger partial charge in [0.05, 0.1) is 25.5 Å². The molecular formula is C27H26N2O3S. The molecule has 0 unspecified atom stereocenters. The Labute approximate surface area is 198 Å². The van der Waals surface area contributed by atoms with Crippen LogP contribution in [0.2, 0.25) is 0 Å². The zero-order chi connectivity index (χ0) is 23.4. The van der Waals surface area contributed by atoms with Crippen molar-refractivity contribution in [2.24, 2.45) is 10.7 Å². The standard InChI is InChI=1S/C27H26N2O3S/c1-31-19-11-9-17(10-12-19)21-15-24(33-3)26(27(30)32-2)25-20(21)13-14-23(28)22(25)16-29-18-7-5-4-6-8-18/h4-12,15-16H,13-14,28H2,1-3H3. The van der Waals surface area contributed by atoms with Crippen LogP contribution >= 0.6 is 11.8 Å². The maximum absolute atomic E-state index is 13.0. The van der Waals surface area contributed by atoms with Gasteiger partial charge in [0.15, 0.2) is 0 Å². The molecule has 6 heteroatoms. The Bertz CT molecular complexity index is 1230. The van der Waals surface area contributed by atoms with Crippen molar-refractivity contribution in [3.63, 3.8) is 0 Å². The number of hydrogen-bond donors (Lipinski definition) is 1. The molecule has 0 saturated heterocycles. The summed E-state index contributed by atoms with van der Waals surface area (Å²) in [4.78, 5) is 18.5. The summed E-state index contributed by atoms with van der Waals surface area (Å²) < 4.78 is 10.5. The molecule has 0 spiro atoms. The summed E-state index contributed by atoms with van der Waals surface area (Å²) in [6.07, 6.45) is 5.14. The molecular weight excluding hydrogens is 432 g/mol. The van der Waals surface area contributed by atoms with Crippen LogP contribution in [0.15, 0.2) is 76.2 Å². The minimum Gasteiger partial charge on any atom is -0.497 e. The number of thioether (sulfide) groups is 1. The fourth-order valence-electron chi connectivity index (χ4n) is 4.11. The first kappa shape index (κ1) is 22.7. The number of allylic oxidation sites excluding steroid dienone is 2. The summed E-state index contributed by atoms with van der Waals surface area (Å²) >= 11 is 1.51. The van der Waals surface area contributed by atoms with Gasteiger partial charge in [0.1, 0.15) is 5.75 Å². The molecule has 0 atom stereocenters. The van der Waals surface area contributed by atoms with Crippen LogP contribution in [0, 0.1) is 0 Å². The Kier molecular flexibility index (Phi) is 6.84. The van der Waals surface area contributed by atoms with E-state index in [1.165, 1.54) is 18.9 Å². The summed E-state index contributed by atoms with van der Waals surface area (Å²) in [5.74, 6) is 0.418. The van der Waals surface area contributed by atoms with Gasteiger partial charge in [-0.05, 0) is 66.1 Å². The van der Waals surface area contributed by atoms with Crippen LogP contribution in [0.1, 0.15) is 27.9 Å². The predicted molar refractivity (Wildman–Crippen MR) is 136 cm³/mol. The van der Waals surface area contributed by atoms with E-state index in [0.29, 0.717) is 17.7 Å². The Morgan fingerprint density at radius 1 is 1.06 bits per heavy atom. The van der Waals surface area contributed by atoms with E-state index in [0.717, 1.165) is 50.6 Å². The van der Waals surface area contributed by atoms with Gasteiger partial charge in [0.25, 0.3) is 0 Å². The van der Waals surface area contributed by atoms with E-state index in [9.17, 15) is 4.79 Å². The minimum absolute atomic E-state index is 0.378. The normalized spacial score (nSPS) is 13.2. The highest BCUT2D eigenvalue weighted by Gasteiger charge is 2.29. The van der Waals surface area contributed by atoms with Crippen molar-refractivity contribution < 1.29 is 14.3 Å². The van der Waals surface area contributed by atoms with Crippen molar-refractivity contribution in [3.8, 4) is 16.9 Å². The van der Waals surface area contributed by atoms with Crippen LogP contribution in [0.4, 0.5) is 5.69 Å². The van der Waals surface area contributed by atoms with Gasteiger partial charge in [0.2, 0.25) is 0 Å². The molecule has 0 heterocycles. The molecule has 0 bridgehead atoms. The zero-order valence-corrected chi connectivity index (χ0v) is 19.7. The number of ether oxygens (including phenoxy) is 2. The van der Waals surface area contributed by atoms with Crippen LogP contribution in [-0.2, 0) is 11.2 Å². The predicted octanol–water partition coefficient (Wildman–Crippen LogP) is 5.89. The molecule has 168 valence electrons. The van der Waals surface area contributed by atoms with Crippen molar-refractivity contribution in [2.75, 3.05) is 20.5 Å². The van der Waals surface area contributed by atoms with E-state index >= 15 is 0 Å². The average Bonchev–Trinajstić information content (AvgIpc) is 2.87. The molecule has 4 rings (SSSR count). The third kappa shape index (κ3) is 4.52. The highest BCUT2D eigenvalue weighted by Crippen LogP contribution is 2.42. The molecule has 3 aromatic carbocycles. The molecule has 5 nitrogen and oxygen atoms in total. The number of methoxy groups -OCH3 is 2. The van der Waals surface area contributed by atoms with Crippen molar-refractivity contribution >= 4 is 35.2 Å². The molecule has 0 amide bonds. The average molecular weight is 459 g/mol. The lowest BCUT2D eigenvalue weighted by Crippen LogP contribution is -2.18. The minimum atomic E-state index is -0.378. The number of benzene rings is 3. The van der Waals surface area contributed by atoms with E-state index in [-0.39, 0.29) is 5.97 Å². The molecule has 3 aromatic rings. The number of nitrogens with zero attached hydrogens (tertiary/aromatic N) is 1.